The number of rotatable bonds is 5. The van der Waals surface area contributed by atoms with Gasteiger partial charge in [0.1, 0.15) is 0 Å². The molecule has 0 radical (unpaired) electrons. The van der Waals surface area contributed by atoms with Crippen molar-refractivity contribution in [3.05, 3.63) is 120 Å². The molecule has 2 heterocycles. The average Bonchev–Trinajstić information content (AvgIpc) is 3.37. The van der Waals surface area contributed by atoms with Gasteiger partial charge in [0.25, 0.3) is 5.91 Å². The second-order valence-electron chi connectivity index (χ2n) is 9.79. The number of carbonyl (C=O) groups excluding carboxylic acids is 1. The van der Waals surface area contributed by atoms with Gasteiger partial charge in [0, 0.05) is 10.9 Å². The number of aromatic nitrogens is 2. The zero-order chi connectivity index (χ0) is 26.2. The fourth-order valence-electron chi connectivity index (χ4n) is 4.62. The molecule has 2 aromatic heterocycles. The summed E-state index contributed by atoms with van der Waals surface area (Å²) in [5.41, 5.74) is 7.20. The van der Waals surface area contributed by atoms with Crippen LogP contribution in [-0.2, 0) is 0 Å². The maximum absolute atomic E-state index is 14.6. The van der Waals surface area contributed by atoms with Crippen molar-refractivity contribution in [2.24, 2.45) is 0 Å². The molecule has 0 aliphatic heterocycles. The van der Waals surface area contributed by atoms with E-state index in [-0.39, 0.29) is 5.91 Å². The fourth-order valence-corrected chi connectivity index (χ4v) is 5.61. The van der Waals surface area contributed by atoms with Gasteiger partial charge >= 0.3 is 0 Å². The molecule has 0 saturated carbocycles. The first-order valence-corrected chi connectivity index (χ1v) is 13.6. The summed E-state index contributed by atoms with van der Waals surface area (Å²) in [5, 5.41) is 1.46. The zero-order valence-electron chi connectivity index (χ0n) is 21.6. The topological polar surface area (TPSA) is 46.1 Å². The van der Waals surface area contributed by atoms with Gasteiger partial charge in [-0.3, -0.25) is 9.69 Å². The summed E-state index contributed by atoms with van der Waals surface area (Å²) in [5.74, 6) is 0.269. The predicted octanol–water partition coefficient (Wildman–Crippen LogP) is 8.92. The van der Waals surface area contributed by atoms with Crippen LogP contribution in [0.1, 0.15) is 41.3 Å². The van der Waals surface area contributed by atoms with E-state index < -0.39 is 0 Å². The van der Waals surface area contributed by atoms with Gasteiger partial charge in [-0.1, -0.05) is 97.5 Å². The SMILES string of the molecule is Cc1ccc(-c2cc(C(=O)N(c3ccc(C(C)C)cc3)c3nc4ccccc4s3)c3ccccc3n2)cc1. The summed E-state index contributed by atoms with van der Waals surface area (Å²) >= 11 is 1.52. The molecule has 6 rings (SSSR count). The maximum atomic E-state index is 14.6. The average molecular weight is 514 g/mol. The third-order valence-electron chi connectivity index (χ3n) is 6.79. The van der Waals surface area contributed by atoms with Gasteiger partial charge in [-0.25, -0.2) is 9.97 Å². The number of para-hydroxylation sites is 2. The number of aryl methyl sites for hydroxylation is 1. The fraction of sp³-hybridized carbons (Fsp3) is 0.121. The Hall–Kier alpha value is -4.35. The Labute approximate surface area is 226 Å². The molecule has 4 aromatic carbocycles. The standard InChI is InChI=1S/C33H27N3OS/c1-21(2)23-16-18-25(19-17-23)36(33-35-29-10-6-7-11-31(29)38-33)32(37)27-20-30(24-14-12-22(3)13-15-24)34-28-9-5-4-8-26(27)28/h4-21H,1-3H3. The quantitative estimate of drug-likeness (QED) is 0.231. The summed E-state index contributed by atoms with van der Waals surface area (Å²) < 4.78 is 1.04. The van der Waals surface area contributed by atoms with Gasteiger partial charge in [0.05, 0.1) is 32.7 Å². The van der Waals surface area contributed by atoms with Crippen LogP contribution in [0.4, 0.5) is 10.8 Å². The molecule has 4 nitrogen and oxygen atoms in total. The molecule has 0 unspecified atom stereocenters. The number of thiazole rings is 1. The van der Waals surface area contributed by atoms with Crippen LogP contribution in [0.3, 0.4) is 0 Å². The number of anilines is 2. The van der Waals surface area contributed by atoms with E-state index in [2.05, 4.69) is 57.2 Å². The largest absolute Gasteiger partial charge is 0.268 e. The minimum Gasteiger partial charge on any atom is -0.268 e. The van der Waals surface area contributed by atoms with Crippen LogP contribution in [0.25, 0.3) is 32.4 Å². The molecule has 5 heteroatoms. The van der Waals surface area contributed by atoms with Crippen molar-refractivity contribution < 1.29 is 4.79 Å². The Morgan fingerprint density at radius 2 is 1.47 bits per heavy atom. The molecule has 0 bridgehead atoms. The summed E-state index contributed by atoms with van der Waals surface area (Å²) in [6.45, 7) is 6.40. The highest BCUT2D eigenvalue weighted by Gasteiger charge is 2.26. The van der Waals surface area contributed by atoms with E-state index in [9.17, 15) is 4.79 Å². The van der Waals surface area contributed by atoms with E-state index in [1.165, 1.54) is 22.5 Å². The minimum atomic E-state index is -0.131. The van der Waals surface area contributed by atoms with E-state index in [0.717, 1.165) is 38.1 Å². The minimum absolute atomic E-state index is 0.131. The lowest BCUT2D eigenvalue weighted by Crippen LogP contribution is -2.26. The number of nitrogens with zero attached hydrogens (tertiary/aromatic N) is 3. The van der Waals surface area contributed by atoms with Gasteiger partial charge in [0.2, 0.25) is 0 Å². The molecular weight excluding hydrogens is 486 g/mol. The lowest BCUT2D eigenvalue weighted by Gasteiger charge is -2.22. The Morgan fingerprint density at radius 3 is 2.18 bits per heavy atom. The summed E-state index contributed by atoms with van der Waals surface area (Å²) in [6.07, 6.45) is 0. The van der Waals surface area contributed by atoms with Crippen LogP contribution in [0.2, 0.25) is 0 Å². The monoisotopic (exact) mass is 513 g/mol. The maximum Gasteiger partial charge on any atom is 0.265 e. The van der Waals surface area contributed by atoms with Crippen LogP contribution < -0.4 is 4.90 Å². The molecule has 1 amide bonds. The van der Waals surface area contributed by atoms with Gasteiger partial charge in [-0.05, 0) is 54.8 Å². The predicted molar refractivity (Wildman–Crippen MR) is 159 cm³/mol. The smallest absolute Gasteiger partial charge is 0.265 e. The zero-order valence-corrected chi connectivity index (χ0v) is 22.4. The van der Waals surface area contributed by atoms with E-state index in [4.69, 9.17) is 9.97 Å². The van der Waals surface area contributed by atoms with Crippen molar-refractivity contribution in [1.29, 1.82) is 0 Å². The molecule has 6 aromatic rings. The van der Waals surface area contributed by atoms with Crippen molar-refractivity contribution in [1.82, 2.24) is 9.97 Å². The molecule has 0 spiro atoms. The van der Waals surface area contributed by atoms with E-state index in [1.54, 1.807) is 4.90 Å². The summed E-state index contributed by atoms with van der Waals surface area (Å²) in [7, 11) is 0. The van der Waals surface area contributed by atoms with Crippen LogP contribution in [0, 0.1) is 6.92 Å². The first-order chi connectivity index (χ1) is 18.5. The van der Waals surface area contributed by atoms with Crippen LogP contribution in [0.15, 0.2) is 103 Å². The van der Waals surface area contributed by atoms with Crippen molar-refractivity contribution in [2.45, 2.75) is 26.7 Å². The first-order valence-electron chi connectivity index (χ1n) is 12.7. The van der Waals surface area contributed by atoms with E-state index >= 15 is 0 Å². The summed E-state index contributed by atoms with van der Waals surface area (Å²) in [4.78, 5) is 26.1. The lowest BCUT2D eigenvalue weighted by atomic mass is 10.0. The molecular formula is C33H27N3OS. The molecule has 38 heavy (non-hydrogen) atoms. The molecule has 186 valence electrons. The Bertz CT molecular complexity index is 1740. The van der Waals surface area contributed by atoms with Gasteiger partial charge in [0.15, 0.2) is 5.13 Å². The Balaban J connectivity index is 1.55. The molecule has 0 N–H and O–H groups in total. The molecule has 0 fully saturated rings. The number of benzene rings is 4. The Morgan fingerprint density at radius 1 is 0.789 bits per heavy atom. The highest BCUT2D eigenvalue weighted by Crippen LogP contribution is 2.36. The van der Waals surface area contributed by atoms with Crippen LogP contribution in [0.5, 0.6) is 0 Å². The van der Waals surface area contributed by atoms with Gasteiger partial charge < -0.3 is 0 Å². The lowest BCUT2D eigenvalue weighted by molar-refractivity contribution is 0.100. The van der Waals surface area contributed by atoms with Gasteiger partial charge in [-0.15, -0.1) is 0 Å². The number of hydrogen-bond acceptors (Lipinski definition) is 4. The molecule has 0 atom stereocenters. The Kier molecular flexibility index (Phi) is 6.22. The van der Waals surface area contributed by atoms with Crippen molar-refractivity contribution in [2.75, 3.05) is 4.90 Å². The summed E-state index contributed by atoms with van der Waals surface area (Å²) in [6, 6.07) is 34.2. The number of amides is 1. The second-order valence-corrected chi connectivity index (χ2v) is 10.8. The third kappa shape index (κ3) is 4.46. The van der Waals surface area contributed by atoms with Crippen molar-refractivity contribution in [3.8, 4) is 11.3 Å². The highest BCUT2D eigenvalue weighted by molar-refractivity contribution is 7.22. The van der Waals surface area contributed by atoms with E-state index in [0.29, 0.717) is 16.6 Å². The molecule has 0 saturated heterocycles. The first kappa shape index (κ1) is 24.0. The molecule has 0 aliphatic rings. The van der Waals surface area contributed by atoms with E-state index in [1.807, 2.05) is 66.7 Å². The van der Waals surface area contributed by atoms with Crippen molar-refractivity contribution >= 4 is 49.2 Å². The van der Waals surface area contributed by atoms with Crippen molar-refractivity contribution in [3.63, 3.8) is 0 Å². The molecule has 0 aliphatic carbocycles. The third-order valence-corrected chi connectivity index (χ3v) is 7.81. The van der Waals surface area contributed by atoms with Crippen LogP contribution >= 0.6 is 11.3 Å². The number of fused-ring (bicyclic) bond motifs is 2. The number of carbonyl (C=O) groups is 1. The number of pyridine rings is 1. The van der Waals surface area contributed by atoms with Crippen LogP contribution in [-0.4, -0.2) is 15.9 Å². The van der Waals surface area contributed by atoms with Gasteiger partial charge in [-0.2, -0.15) is 0 Å². The normalized spacial score (nSPS) is 11.4. The number of hydrogen-bond donors (Lipinski definition) is 0. The second kappa shape index (κ2) is 9.84. The highest BCUT2D eigenvalue weighted by atomic mass is 32.1.